The van der Waals surface area contributed by atoms with Gasteiger partial charge in [0.05, 0.1) is 25.4 Å². The van der Waals surface area contributed by atoms with Gasteiger partial charge in [-0.05, 0) is 33.3 Å². The van der Waals surface area contributed by atoms with Crippen LogP contribution in [0.25, 0.3) is 0 Å². The van der Waals surface area contributed by atoms with Gasteiger partial charge in [-0.15, -0.1) is 0 Å². The molecule has 1 rings (SSSR count). The van der Waals surface area contributed by atoms with Crippen molar-refractivity contribution in [3.8, 4) is 0 Å². The summed E-state index contributed by atoms with van der Waals surface area (Å²) < 4.78 is 27.4. The van der Waals surface area contributed by atoms with Crippen LogP contribution in [0.5, 0.6) is 0 Å². The fourth-order valence-electron chi connectivity index (χ4n) is 2.12. The second-order valence-electron chi connectivity index (χ2n) is 4.80. The second-order valence-corrected chi connectivity index (χ2v) is 4.80. The average molecular weight is 328 g/mol. The van der Waals surface area contributed by atoms with Crippen LogP contribution in [-0.4, -0.2) is 26.4 Å². The molecule has 0 unspecified atom stereocenters. The first-order valence-corrected chi connectivity index (χ1v) is 8.16. The van der Waals surface area contributed by atoms with Gasteiger partial charge in [0.2, 0.25) is 0 Å². The van der Waals surface area contributed by atoms with Crippen LogP contribution in [0.3, 0.4) is 0 Å². The Balaban J connectivity index is 3.30. The van der Waals surface area contributed by atoms with E-state index in [9.17, 15) is 4.79 Å². The minimum Gasteiger partial charge on any atom is -0.425 e. The maximum absolute atomic E-state index is 12.3. The highest BCUT2D eigenvalue weighted by Crippen LogP contribution is 2.21. The lowest BCUT2D eigenvalue weighted by atomic mass is 10.0. The van der Waals surface area contributed by atoms with Gasteiger partial charge in [0.25, 0.3) is 0 Å². The monoisotopic (exact) mass is 328 g/mol. The fraction of sp³-hybridized carbons (Fsp3) is 0.706. The van der Waals surface area contributed by atoms with E-state index in [2.05, 4.69) is 0 Å². The summed E-state index contributed by atoms with van der Waals surface area (Å²) in [6, 6.07) is 0. The summed E-state index contributed by atoms with van der Waals surface area (Å²) in [4.78, 5) is 12.3. The highest BCUT2D eigenvalue weighted by Gasteiger charge is 2.20. The Morgan fingerprint density at radius 2 is 1.09 bits per heavy atom. The van der Waals surface area contributed by atoms with Gasteiger partial charge < -0.3 is 23.4 Å². The van der Waals surface area contributed by atoms with E-state index in [4.69, 9.17) is 23.4 Å². The van der Waals surface area contributed by atoms with Crippen LogP contribution in [0.15, 0.2) is 9.21 Å². The lowest BCUT2D eigenvalue weighted by molar-refractivity contribution is 0.0914. The molecule has 0 aliphatic rings. The highest BCUT2D eigenvalue weighted by atomic mass is 16.5. The molecule has 1 aromatic rings. The van der Waals surface area contributed by atoms with Crippen molar-refractivity contribution < 1.29 is 23.4 Å². The first kappa shape index (κ1) is 19.8. The van der Waals surface area contributed by atoms with Gasteiger partial charge in [-0.25, -0.2) is 4.79 Å². The molecule has 0 bridgehead atoms. The molecule has 0 amide bonds. The zero-order chi connectivity index (χ0) is 17.1. The predicted molar refractivity (Wildman–Crippen MR) is 86.3 cm³/mol. The van der Waals surface area contributed by atoms with E-state index in [1.165, 1.54) is 0 Å². The Morgan fingerprint density at radius 1 is 0.652 bits per heavy atom. The summed E-state index contributed by atoms with van der Waals surface area (Å²) in [6.45, 7) is 10.9. The third-order valence-electron chi connectivity index (χ3n) is 3.32. The maximum Gasteiger partial charge on any atom is 0.341 e. The van der Waals surface area contributed by atoms with Crippen LogP contribution >= 0.6 is 0 Å². The molecule has 0 atom stereocenters. The fourth-order valence-corrected chi connectivity index (χ4v) is 2.12. The molecule has 0 N–H and O–H groups in total. The third kappa shape index (κ3) is 6.06. The topological polar surface area (TPSA) is 67.1 Å². The van der Waals surface area contributed by atoms with Crippen LogP contribution in [0.2, 0.25) is 0 Å². The predicted octanol–water partition coefficient (Wildman–Crippen LogP) is 2.79. The van der Waals surface area contributed by atoms with Crippen molar-refractivity contribution in [2.45, 2.75) is 54.1 Å². The molecule has 132 valence electrons. The molecule has 6 nitrogen and oxygen atoms in total. The van der Waals surface area contributed by atoms with Gasteiger partial charge in [0.15, 0.2) is 0 Å². The van der Waals surface area contributed by atoms with E-state index >= 15 is 0 Å². The molecule has 23 heavy (non-hydrogen) atoms. The summed E-state index contributed by atoms with van der Waals surface area (Å²) in [5, 5.41) is 0. The molecule has 0 saturated carbocycles. The van der Waals surface area contributed by atoms with E-state index in [0.29, 0.717) is 51.0 Å². The average Bonchev–Trinajstić information content (AvgIpc) is 2.56. The number of ether oxygens (including phenoxy) is 4. The van der Waals surface area contributed by atoms with Crippen molar-refractivity contribution in [2.24, 2.45) is 0 Å². The molecule has 0 aliphatic heterocycles. The molecule has 0 saturated heterocycles. The van der Waals surface area contributed by atoms with Gasteiger partial charge in [0, 0.05) is 32.0 Å². The number of hydrogen-bond donors (Lipinski definition) is 0. The lowest BCUT2D eigenvalue weighted by Gasteiger charge is -2.17. The third-order valence-corrected chi connectivity index (χ3v) is 3.32. The molecule has 0 fully saturated rings. The van der Waals surface area contributed by atoms with Crippen molar-refractivity contribution in [1.29, 1.82) is 0 Å². The Morgan fingerprint density at radius 3 is 1.61 bits per heavy atom. The summed E-state index contributed by atoms with van der Waals surface area (Å²) in [5.41, 5.74) is 1.71. The molecule has 1 heterocycles. The van der Waals surface area contributed by atoms with Crippen molar-refractivity contribution in [3.63, 3.8) is 0 Å². The zero-order valence-corrected chi connectivity index (χ0v) is 14.6. The Kier molecular flexibility index (Phi) is 9.78. The summed E-state index contributed by atoms with van der Waals surface area (Å²) >= 11 is 0. The van der Waals surface area contributed by atoms with Gasteiger partial charge in [-0.3, -0.25) is 0 Å². The van der Waals surface area contributed by atoms with E-state index in [1.54, 1.807) is 0 Å². The van der Waals surface area contributed by atoms with Crippen LogP contribution < -0.4 is 5.63 Å². The molecule has 6 heteroatoms. The van der Waals surface area contributed by atoms with Gasteiger partial charge in [-0.2, -0.15) is 0 Å². The molecule has 0 aromatic carbocycles. The van der Waals surface area contributed by atoms with Crippen molar-refractivity contribution in [1.82, 2.24) is 0 Å². The summed E-state index contributed by atoms with van der Waals surface area (Å²) in [5.74, 6) is 0.500. The van der Waals surface area contributed by atoms with Crippen molar-refractivity contribution >= 4 is 0 Å². The standard InChI is InChI=1S/C17H28O6/c1-5-19-9-13-14(10-20-6-2)16(12-22-8-4)23-17(18)15(13)11-21-7-3/h5-12H2,1-4H3. The van der Waals surface area contributed by atoms with E-state index < -0.39 is 5.63 Å². The summed E-state index contributed by atoms with van der Waals surface area (Å²) in [7, 11) is 0. The zero-order valence-electron chi connectivity index (χ0n) is 14.6. The van der Waals surface area contributed by atoms with E-state index in [0.717, 1.165) is 11.1 Å². The first-order valence-electron chi connectivity index (χ1n) is 8.16. The van der Waals surface area contributed by atoms with E-state index in [1.807, 2.05) is 27.7 Å². The minimum absolute atomic E-state index is 0.204. The van der Waals surface area contributed by atoms with Crippen molar-refractivity contribution in [2.75, 3.05) is 26.4 Å². The molecular formula is C17H28O6. The molecule has 0 spiro atoms. The highest BCUT2D eigenvalue weighted by molar-refractivity contribution is 5.34. The van der Waals surface area contributed by atoms with Crippen LogP contribution in [0.1, 0.15) is 50.1 Å². The molecular weight excluding hydrogens is 300 g/mol. The smallest absolute Gasteiger partial charge is 0.341 e. The minimum atomic E-state index is -0.400. The van der Waals surface area contributed by atoms with Gasteiger partial charge >= 0.3 is 5.63 Å². The SMILES string of the molecule is CCOCc1oc(=O)c(COCC)c(COCC)c1COCC. The molecule has 0 aliphatic carbocycles. The normalized spacial score (nSPS) is 11.1. The molecule has 1 aromatic heterocycles. The van der Waals surface area contributed by atoms with Crippen LogP contribution in [-0.2, 0) is 45.4 Å². The Hall–Kier alpha value is -1.21. The largest absolute Gasteiger partial charge is 0.425 e. The van der Waals surface area contributed by atoms with Gasteiger partial charge in [0.1, 0.15) is 12.4 Å². The number of rotatable bonds is 12. The maximum atomic E-state index is 12.3. The second kappa shape index (κ2) is 11.3. The number of hydrogen-bond acceptors (Lipinski definition) is 6. The van der Waals surface area contributed by atoms with Crippen LogP contribution in [0.4, 0.5) is 0 Å². The first-order chi connectivity index (χ1) is 11.2. The quantitative estimate of drug-likeness (QED) is 0.588. The Labute approximate surface area is 137 Å². The Bertz CT molecular complexity index is 509. The van der Waals surface area contributed by atoms with Crippen LogP contribution in [0, 0.1) is 0 Å². The van der Waals surface area contributed by atoms with Gasteiger partial charge in [-0.1, -0.05) is 0 Å². The van der Waals surface area contributed by atoms with E-state index in [-0.39, 0.29) is 13.2 Å². The summed E-state index contributed by atoms with van der Waals surface area (Å²) in [6.07, 6.45) is 0. The van der Waals surface area contributed by atoms with Crippen molar-refractivity contribution in [3.05, 3.63) is 32.9 Å². The molecule has 0 radical (unpaired) electrons. The lowest BCUT2D eigenvalue weighted by Crippen LogP contribution is -2.20.